The van der Waals surface area contributed by atoms with E-state index in [0.717, 1.165) is 5.56 Å². The highest BCUT2D eigenvalue weighted by molar-refractivity contribution is 5.77. The number of benzene rings is 1. The van der Waals surface area contributed by atoms with Crippen molar-refractivity contribution in [1.82, 2.24) is 0 Å². The second-order valence-electron chi connectivity index (χ2n) is 2.64. The minimum atomic E-state index is -0.666. The van der Waals surface area contributed by atoms with Crippen LogP contribution in [-0.4, -0.2) is 12.6 Å². The van der Waals surface area contributed by atoms with Crippen molar-refractivity contribution in [3.8, 4) is 0 Å². The first-order valence-electron chi connectivity index (χ1n) is 4.23. The summed E-state index contributed by atoms with van der Waals surface area (Å²) in [5.74, 6) is -0.381. The van der Waals surface area contributed by atoms with Gasteiger partial charge < -0.3 is 10.5 Å². The number of carbonyl (C=O) groups is 1. The molecule has 1 rings (SSSR count). The molecule has 0 aliphatic carbocycles. The molecule has 0 aliphatic rings. The van der Waals surface area contributed by atoms with E-state index in [0.29, 0.717) is 6.61 Å². The largest absolute Gasteiger partial charge is 0.465 e. The van der Waals surface area contributed by atoms with Crippen molar-refractivity contribution in [3.05, 3.63) is 35.9 Å². The van der Waals surface area contributed by atoms with Crippen molar-refractivity contribution in [3.63, 3.8) is 0 Å². The van der Waals surface area contributed by atoms with E-state index in [1.165, 1.54) is 0 Å². The Morgan fingerprint density at radius 3 is 2.62 bits per heavy atom. The maximum absolute atomic E-state index is 11.2. The van der Waals surface area contributed by atoms with Gasteiger partial charge in [-0.05, 0) is 12.5 Å². The Kier molecular flexibility index (Phi) is 3.46. The molecule has 0 aromatic heterocycles. The van der Waals surface area contributed by atoms with Gasteiger partial charge in [0.1, 0.15) is 6.04 Å². The molecule has 3 heteroatoms. The normalized spacial score (nSPS) is 12.2. The van der Waals surface area contributed by atoms with Gasteiger partial charge in [-0.3, -0.25) is 0 Å². The van der Waals surface area contributed by atoms with Crippen molar-refractivity contribution >= 4 is 5.97 Å². The molecule has 70 valence electrons. The van der Waals surface area contributed by atoms with Gasteiger partial charge in [-0.1, -0.05) is 30.3 Å². The highest BCUT2D eigenvalue weighted by Crippen LogP contribution is 2.10. The molecular formula is C10H13NO2. The van der Waals surface area contributed by atoms with Crippen LogP contribution in [0, 0.1) is 0 Å². The minimum absolute atomic E-state index is 0.360. The number of nitrogens with two attached hydrogens (primary N) is 1. The van der Waals surface area contributed by atoms with Gasteiger partial charge in [0.05, 0.1) is 6.61 Å². The summed E-state index contributed by atoms with van der Waals surface area (Å²) in [6.45, 7) is 2.12. The summed E-state index contributed by atoms with van der Waals surface area (Å²) in [7, 11) is 0. The molecule has 13 heavy (non-hydrogen) atoms. The van der Waals surface area contributed by atoms with Gasteiger partial charge in [0.2, 0.25) is 0 Å². The molecule has 0 radical (unpaired) electrons. The van der Waals surface area contributed by atoms with Crippen molar-refractivity contribution in [2.24, 2.45) is 5.73 Å². The average Bonchev–Trinajstić information content (AvgIpc) is 2.18. The monoisotopic (exact) mass is 179 g/mol. The number of carbonyl (C=O) groups excluding carboxylic acids is 1. The van der Waals surface area contributed by atoms with Crippen molar-refractivity contribution < 1.29 is 9.53 Å². The Hall–Kier alpha value is -1.35. The zero-order valence-electron chi connectivity index (χ0n) is 7.57. The highest BCUT2D eigenvalue weighted by atomic mass is 16.5. The molecule has 1 aromatic carbocycles. The number of hydrogen-bond acceptors (Lipinski definition) is 3. The van der Waals surface area contributed by atoms with Gasteiger partial charge in [0, 0.05) is 0 Å². The summed E-state index contributed by atoms with van der Waals surface area (Å²) >= 11 is 0. The standard InChI is InChI=1S/C10H13NO2/c1-2-13-10(12)9(11)8-6-4-3-5-7-8/h3-7,9H,2,11H2,1H3. The average molecular weight is 179 g/mol. The molecular weight excluding hydrogens is 166 g/mol. The summed E-state index contributed by atoms with van der Waals surface area (Å²) in [5, 5.41) is 0. The molecule has 1 aromatic rings. The van der Waals surface area contributed by atoms with Crippen LogP contribution < -0.4 is 5.73 Å². The fourth-order valence-corrected chi connectivity index (χ4v) is 1.03. The number of hydrogen-bond donors (Lipinski definition) is 1. The SMILES string of the molecule is CCOC(=O)C(N)c1ccccc1. The van der Waals surface area contributed by atoms with Crippen LogP contribution in [0.25, 0.3) is 0 Å². The lowest BCUT2D eigenvalue weighted by molar-refractivity contribution is -0.144. The van der Waals surface area contributed by atoms with Gasteiger partial charge in [-0.15, -0.1) is 0 Å². The van der Waals surface area contributed by atoms with Crippen molar-refractivity contribution in [1.29, 1.82) is 0 Å². The number of ether oxygens (including phenoxy) is 1. The fraction of sp³-hybridized carbons (Fsp3) is 0.300. The topological polar surface area (TPSA) is 52.3 Å². The van der Waals surface area contributed by atoms with Gasteiger partial charge >= 0.3 is 5.97 Å². The van der Waals surface area contributed by atoms with Crippen molar-refractivity contribution in [2.75, 3.05) is 6.61 Å². The van der Waals surface area contributed by atoms with Gasteiger partial charge in [0.15, 0.2) is 0 Å². The summed E-state index contributed by atoms with van der Waals surface area (Å²) in [4.78, 5) is 11.2. The Morgan fingerprint density at radius 2 is 2.08 bits per heavy atom. The third-order valence-corrected chi connectivity index (χ3v) is 1.70. The summed E-state index contributed by atoms with van der Waals surface area (Å²) in [6.07, 6.45) is 0. The molecule has 0 spiro atoms. The summed E-state index contributed by atoms with van der Waals surface area (Å²) in [6, 6.07) is 8.51. The molecule has 3 nitrogen and oxygen atoms in total. The first-order valence-corrected chi connectivity index (χ1v) is 4.23. The van der Waals surface area contributed by atoms with Crippen LogP contribution in [0.15, 0.2) is 30.3 Å². The van der Waals surface area contributed by atoms with Gasteiger partial charge in [-0.25, -0.2) is 4.79 Å². The minimum Gasteiger partial charge on any atom is -0.465 e. The Labute approximate surface area is 77.5 Å². The molecule has 0 heterocycles. The molecule has 2 N–H and O–H groups in total. The molecule has 0 amide bonds. The third-order valence-electron chi connectivity index (χ3n) is 1.70. The second-order valence-corrected chi connectivity index (χ2v) is 2.64. The number of esters is 1. The van der Waals surface area contributed by atoms with E-state index >= 15 is 0 Å². The van der Waals surface area contributed by atoms with Gasteiger partial charge in [-0.2, -0.15) is 0 Å². The lowest BCUT2D eigenvalue weighted by Gasteiger charge is -2.09. The van der Waals surface area contributed by atoms with Crippen LogP contribution in [0.2, 0.25) is 0 Å². The van der Waals surface area contributed by atoms with Crippen LogP contribution in [0.5, 0.6) is 0 Å². The van der Waals surface area contributed by atoms with E-state index < -0.39 is 6.04 Å². The highest BCUT2D eigenvalue weighted by Gasteiger charge is 2.15. The van der Waals surface area contributed by atoms with E-state index in [1.54, 1.807) is 6.92 Å². The quantitative estimate of drug-likeness (QED) is 0.710. The van der Waals surface area contributed by atoms with Crippen LogP contribution >= 0.6 is 0 Å². The Morgan fingerprint density at radius 1 is 1.46 bits per heavy atom. The van der Waals surface area contributed by atoms with Crippen LogP contribution in [0.4, 0.5) is 0 Å². The van der Waals surface area contributed by atoms with E-state index in [9.17, 15) is 4.79 Å². The predicted octanol–water partition coefficient (Wildman–Crippen LogP) is 1.25. The summed E-state index contributed by atoms with van der Waals surface area (Å²) < 4.78 is 4.79. The van der Waals surface area contributed by atoms with E-state index in [2.05, 4.69) is 0 Å². The molecule has 0 fully saturated rings. The van der Waals surface area contributed by atoms with Gasteiger partial charge in [0.25, 0.3) is 0 Å². The lowest BCUT2D eigenvalue weighted by Crippen LogP contribution is -2.23. The first-order chi connectivity index (χ1) is 6.25. The summed E-state index contributed by atoms with van der Waals surface area (Å²) in [5.41, 5.74) is 6.43. The molecule has 0 bridgehead atoms. The Bertz CT molecular complexity index is 272. The van der Waals surface area contributed by atoms with Crippen LogP contribution in [-0.2, 0) is 9.53 Å². The molecule has 0 saturated heterocycles. The lowest BCUT2D eigenvalue weighted by atomic mass is 10.1. The molecule has 0 aliphatic heterocycles. The molecule has 1 unspecified atom stereocenters. The number of rotatable bonds is 3. The molecule has 1 atom stereocenters. The smallest absolute Gasteiger partial charge is 0.327 e. The van der Waals surface area contributed by atoms with E-state index in [4.69, 9.17) is 10.5 Å². The second kappa shape index (κ2) is 4.62. The van der Waals surface area contributed by atoms with Crippen LogP contribution in [0.3, 0.4) is 0 Å². The fourth-order valence-electron chi connectivity index (χ4n) is 1.03. The van der Waals surface area contributed by atoms with Crippen LogP contribution in [0.1, 0.15) is 18.5 Å². The predicted molar refractivity (Wildman–Crippen MR) is 50.0 cm³/mol. The van der Waals surface area contributed by atoms with E-state index in [1.807, 2.05) is 30.3 Å². The molecule has 0 saturated carbocycles. The van der Waals surface area contributed by atoms with Crippen molar-refractivity contribution in [2.45, 2.75) is 13.0 Å². The zero-order valence-corrected chi connectivity index (χ0v) is 7.57. The first kappa shape index (κ1) is 9.74. The maximum atomic E-state index is 11.2. The Balaban J connectivity index is 2.68. The zero-order chi connectivity index (χ0) is 9.68. The third kappa shape index (κ3) is 2.56. The van der Waals surface area contributed by atoms with E-state index in [-0.39, 0.29) is 5.97 Å². The maximum Gasteiger partial charge on any atom is 0.327 e.